The zero-order valence-electron chi connectivity index (χ0n) is 9.54. The first-order valence-corrected chi connectivity index (χ1v) is 6.27. The van der Waals surface area contributed by atoms with Crippen molar-refractivity contribution >= 4 is 11.3 Å². The number of thiazole rings is 1. The largest absolute Gasteiger partial charge is 0.378 e. The molecule has 0 spiro atoms. The Labute approximate surface area is 94.9 Å². The molecule has 1 aromatic heterocycles. The molecule has 2 unspecified atom stereocenters. The van der Waals surface area contributed by atoms with Crippen LogP contribution in [0.15, 0.2) is 5.38 Å². The van der Waals surface area contributed by atoms with E-state index in [1.165, 1.54) is 5.01 Å². The molecule has 2 heterocycles. The lowest BCUT2D eigenvalue weighted by Crippen LogP contribution is -2.47. The van der Waals surface area contributed by atoms with Crippen LogP contribution in [0.4, 0.5) is 0 Å². The van der Waals surface area contributed by atoms with Gasteiger partial charge in [0, 0.05) is 17.7 Å². The summed E-state index contributed by atoms with van der Waals surface area (Å²) in [6, 6.07) is 0. The summed E-state index contributed by atoms with van der Waals surface area (Å²) >= 11 is 1.75. The van der Waals surface area contributed by atoms with E-state index < -0.39 is 0 Å². The van der Waals surface area contributed by atoms with Gasteiger partial charge in [-0.15, -0.1) is 11.3 Å². The first-order valence-electron chi connectivity index (χ1n) is 5.39. The molecule has 0 saturated carbocycles. The Bertz CT molecular complexity index is 339. The number of nitrogens with zero attached hydrogens (tertiary/aromatic N) is 1. The fraction of sp³-hybridized carbons (Fsp3) is 0.727. The average Bonchev–Trinajstić information content (AvgIpc) is 2.65. The van der Waals surface area contributed by atoms with E-state index >= 15 is 0 Å². The molecule has 84 valence electrons. The lowest BCUT2D eigenvalue weighted by atomic mass is 9.88. The minimum Gasteiger partial charge on any atom is -0.378 e. The van der Waals surface area contributed by atoms with Crippen LogP contribution in [-0.2, 0) is 10.3 Å². The van der Waals surface area contributed by atoms with Crippen molar-refractivity contribution in [2.45, 2.75) is 38.3 Å². The van der Waals surface area contributed by atoms with E-state index in [0.29, 0.717) is 6.10 Å². The number of aryl methyl sites for hydroxylation is 1. The molecule has 1 aliphatic rings. The third-order valence-electron chi connectivity index (χ3n) is 3.07. The molecule has 1 aliphatic heterocycles. The summed E-state index contributed by atoms with van der Waals surface area (Å²) in [5.74, 6) is 0. The average molecular weight is 226 g/mol. The summed E-state index contributed by atoms with van der Waals surface area (Å²) in [6.45, 7) is 5.00. The lowest BCUT2D eigenvalue weighted by Gasteiger charge is -2.38. The molecule has 0 bridgehead atoms. The molecule has 1 fully saturated rings. The maximum Gasteiger partial charge on any atom is 0.113 e. The number of ether oxygens (including phenoxy) is 1. The molecule has 2 rings (SSSR count). The molecule has 3 nitrogen and oxygen atoms in total. The Hall–Kier alpha value is -0.450. The number of hydrogen-bond acceptors (Lipinski definition) is 4. The van der Waals surface area contributed by atoms with Crippen LogP contribution < -0.4 is 5.32 Å². The molecule has 1 N–H and O–H groups in total. The summed E-state index contributed by atoms with van der Waals surface area (Å²) in [7, 11) is 2.02. The summed E-state index contributed by atoms with van der Waals surface area (Å²) in [6.07, 6.45) is 2.34. The van der Waals surface area contributed by atoms with Crippen LogP contribution in [-0.4, -0.2) is 24.7 Å². The molecule has 0 aliphatic carbocycles. The van der Waals surface area contributed by atoms with E-state index in [0.717, 1.165) is 25.1 Å². The summed E-state index contributed by atoms with van der Waals surface area (Å²) < 4.78 is 5.60. The molecule has 0 radical (unpaired) electrons. The summed E-state index contributed by atoms with van der Waals surface area (Å²) in [5.41, 5.74) is 1.15. The van der Waals surface area contributed by atoms with E-state index in [4.69, 9.17) is 4.74 Å². The third-order valence-corrected chi connectivity index (χ3v) is 4.24. The number of aromatic nitrogens is 1. The SMILES string of the molecule is CNC1(c2nc(C)cs2)CCOC(C)C1. The number of rotatable bonds is 2. The standard InChI is InChI=1S/C11H18N2OS/c1-8-7-15-10(13-8)11(12-3)4-5-14-9(2)6-11/h7,9,12H,4-6H2,1-3H3. The third kappa shape index (κ3) is 2.07. The fourth-order valence-corrected chi connectivity index (χ4v) is 3.23. The Balaban J connectivity index is 2.27. The monoisotopic (exact) mass is 226 g/mol. The van der Waals surface area contributed by atoms with Gasteiger partial charge in [0.15, 0.2) is 0 Å². The molecule has 0 amide bonds. The topological polar surface area (TPSA) is 34.2 Å². The van der Waals surface area contributed by atoms with Crippen molar-refractivity contribution in [2.75, 3.05) is 13.7 Å². The molecular formula is C11H18N2OS. The van der Waals surface area contributed by atoms with Crippen molar-refractivity contribution in [3.63, 3.8) is 0 Å². The highest BCUT2D eigenvalue weighted by Crippen LogP contribution is 2.35. The molecule has 4 heteroatoms. The fourth-order valence-electron chi connectivity index (χ4n) is 2.19. The smallest absolute Gasteiger partial charge is 0.113 e. The predicted octanol–water partition coefficient (Wildman–Crippen LogP) is 2.07. The van der Waals surface area contributed by atoms with Gasteiger partial charge in [-0.3, -0.25) is 0 Å². The second kappa shape index (κ2) is 4.20. The molecule has 0 aromatic carbocycles. The van der Waals surface area contributed by atoms with E-state index in [-0.39, 0.29) is 5.54 Å². The molecule has 15 heavy (non-hydrogen) atoms. The quantitative estimate of drug-likeness (QED) is 0.838. The van der Waals surface area contributed by atoms with Gasteiger partial charge in [-0.05, 0) is 33.7 Å². The van der Waals surface area contributed by atoms with Crippen LogP contribution in [0.2, 0.25) is 0 Å². The highest BCUT2D eigenvalue weighted by Gasteiger charge is 2.38. The second-order valence-corrected chi connectivity index (χ2v) is 5.12. The summed E-state index contributed by atoms with van der Waals surface area (Å²) in [5, 5.41) is 6.77. The first kappa shape index (κ1) is 11.0. The van der Waals surface area contributed by atoms with Crippen molar-refractivity contribution in [1.82, 2.24) is 10.3 Å². The number of hydrogen-bond donors (Lipinski definition) is 1. The van der Waals surface area contributed by atoms with Gasteiger partial charge in [0.25, 0.3) is 0 Å². The van der Waals surface area contributed by atoms with Gasteiger partial charge in [-0.25, -0.2) is 4.98 Å². The lowest BCUT2D eigenvalue weighted by molar-refractivity contribution is -0.0185. The first-order chi connectivity index (χ1) is 7.16. The van der Waals surface area contributed by atoms with Gasteiger partial charge in [0.1, 0.15) is 5.01 Å². The van der Waals surface area contributed by atoms with E-state index in [9.17, 15) is 0 Å². The second-order valence-electron chi connectivity index (χ2n) is 4.26. The van der Waals surface area contributed by atoms with Crippen molar-refractivity contribution in [3.05, 3.63) is 16.1 Å². The van der Waals surface area contributed by atoms with Crippen molar-refractivity contribution < 1.29 is 4.74 Å². The van der Waals surface area contributed by atoms with Crippen LogP contribution >= 0.6 is 11.3 Å². The number of nitrogens with one attached hydrogen (secondary N) is 1. The van der Waals surface area contributed by atoms with Crippen molar-refractivity contribution in [2.24, 2.45) is 0 Å². The normalized spacial score (nSPS) is 31.8. The van der Waals surface area contributed by atoms with E-state index in [2.05, 4.69) is 22.6 Å². The van der Waals surface area contributed by atoms with Crippen LogP contribution in [0, 0.1) is 6.92 Å². The molecule has 1 aromatic rings. The maximum absolute atomic E-state index is 5.60. The van der Waals surface area contributed by atoms with Gasteiger partial charge in [0.2, 0.25) is 0 Å². The minimum absolute atomic E-state index is 0.0383. The molecule has 2 atom stereocenters. The van der Waals surface area contributed by atoms with Crippen molar-refractivity contribution in [1.29, 1.82) is 0 Å². The van der Waals surface area contributed by atoms with Gasteiger partial charge >= 0.3 is 0 Å². The van der Waals surface area contributed by atoms with Crippen LogP contribution in [0.25, 0.3) is 0 Å². The molecule has 1 saturated heterocycles. The van der Waals surface area contributed by atoms with Crippen LogP contribution in [0.1, 0.15) is 30.5 Å². The summed E-state index contributed by atoms with van der Waals surface area (Å²) in [4.78, 5) is 4.61. The Morgan fingerprint density at radius 2 is 2.47 bits per heavy atom. The zero-order chi connectivity index (χ0) is 10.9. The highest BCUT2D eigenvalue weighted by molar-refractivity contribution is 7.09. The van der Waals surface area contributed by atoms with Gasteiger partial charge < -0.3 is 10.1 Å². The van der Waals surface area contributed by atoms with Gasteiger partial charge in [-0.2, -0.15) is 0 Å². The van der Waals surface area contributed by atoms with Gasteiger partial charge in [0.05, 0.1) is 11.6 Å². The molecular weight excluding hydrogens is 208 g/mol. The van der Waals surface area contributed by atoms with Gasteiger partial charge in [-0.1, -0.05) is 0 Å². The Morgan fingerprint density at radius 1 is 1.67 bits per heavy atom. The Morgan fingerprint density at radius 3 is 3.00 bits per heavy atom. The van der Waals surface area contributed by atoms with Crippen LogP contribution in [0.3, 0.4) is 0 Å². The van der Waals surface area contributed by atoms with Crippen molar-refractivity contribution in [3.8, 4) is 0 Å². The zero-order valence-corrected chi connectivity index (χ0v) is 10.4. The van der Waals surface area contributed by atoms with E-state index in [1.807, 2.05) is 14.0 Å². The van der Waals surface area contributed by atoms with Crippen LogP contribution in [0.5, 0.6) is 0 Å². The highest BCUT2D eigenvalue weighted by atomic mass is 32.1. The minimum atomic E-state index is 0.0383. The maximum atomic E-state index is 5.60. The predicted molar refractivity (Wildman–Crippen MR) is 62.2 cm³/mol. The Kier molecular flexibility index (Phi) is 3.09. The van der Waals surface area contributed by atoms with E-state index in [1.54, 1.807) is 11.3 Å².